The summed E-state index contributed by atoms with van der Waals surface area (Å²) in [5.41, 5.74) is -1.36. The lowest BCUT2D eigenvalue weighted by atomic mass is 9.99. The maximum absolute atomic E-state index is 12.8. The van der Waals surface area contributed by atoms with Gasteiger partial charge in [-0.15, -0.1) is 0 Å². The van der Waals surface area contributed by atoms with Crippen molar-refractivity contribution in [2.75, 3.05) is 12.8 Å². The van der Waals surface area contributed by atoms with Crippen LogP contribution in [0, 0.1) is 5.92 Å². The molecule has 0 radical (unpaired) electrons. The molecule has 4 nitrogen and oxygen atoms in total. The lowest BCUT2D eigenvalue weighted by Gasteiger charge is -2.13. The van der Waals surface area contributed by atoms with E-state index in [-0.39, 0.29) is 5.56 Å². The maximum atomic E-state index is 12.8. The molecule has 26 heavy (non-hydrogen) atoms. The number of halogens is 3. The normalized spacial score (nSPS) is 13.5. The minimum Gasteiger partial charge on any atom is -0.352 e. The molecule has 0 aromatic heterocycles. The first-order valence-electron chi connectivity index (χ1n) is 8.66. The van der Waals surface area contributed by atoms with E-state index in [0.29, 0.717) is 18.5 Å². The number of hydrogen-bond donors (Lipinski definition) is 1. The third kappa shape index (κ3) is 6.97. The van der Waals surface area contributed by atoms with E-state index in [4.69, 9.17) is 0 Å². The second-order valence-electron chi connectivity index (χ2n) is 6.63. The molecule has 148 valence electrons. The highest BCUT2D eigenvalue weighted by Crippen LogP contribution is 2.32. The summed E-state index contributed by atoms with van der Waals surface area (Å²) in [4.78, 5) is 11.6. The van der Waals surface area contributed by atoms with Crippen LogP contribution in [0.15, 0.2) is 23.1 Å². The third-order valence-electron chi connectivity index (χ3n) is 4.14. The number of nitrogens with one attached hydrogen (secondary N) is 1. The average Bonchev–Trinajstić information content (AvgIpc) is 2.52. The van der Waals surface area contributed by atoms with Crippen LogP contribution in [0.4, 0.5) is 13.2 Å². The van der Waals surface area contributed by atoms with Crippen LogP contribution in [0.2, 0.25) is 0 Å². The molecule has 0 aliphatic carbocycles. The van der Waals surface area contributed by atoms with Crippen molar-refractivity contribution in [2.24, 2.45) is 5.92 Å². The van der Waals surface area contributed by atoms with E-state index in [0.717, 1.165) is 50.5 Å². The van der Waals surface area contributed by atoms with Gasteiger partial charge in [-0.3, -0.25) is 4.79 Å². The molecule has 1 N–H and O–H groups in total. The zero-order chi connectivity index (χ0) is 20.0. The fourth-order valence-corrected chi connectivity index (χ4v) is 3.65. The Hall–Kier alpha value is -1.57. The van der Waals surface area contributed by atoms with Crippen LogP contribution in [0.1, 0.15) is 61.9 Å². The maximum Gasteiger partial charge on any atom is 0.416 e. The Bertz CT molecular complexity index is 715. The zero-order valence-corrected chi connectivity index (χ0v) is 16.1. The standard InChI is InChI=1S/C18H26F3NO3S/c1-4-7-13(2)8-5-6-11-22-17(23)15-10-9-14(18(19,20)21)12-16(15)26(3,24)25/h9-10,12-13H,4-8,11H2,1-3H3,(H,22,23). The van der Waals surface area contributed by atoms with E-state index >= 15 is 0 Å². The van der Waals surface area contributed by atoms with Gasteiger partial charge in [-0.2, -0.15) is 13.2 Å². The molecule has 0 bridgehead atoms. The highest BCUT2D eigenvalue weighted by atomic mass is 32.2. The summed E-state index contributed by atoms with van der Waals surface area (Å²) in [6.45, 7) is 4.64. The Kier molecular flexibility index (Phi) is 8.12. The van der Waals surface area contributed by atoms with Crippen LogP contribution in [-0.2, 0) is 16.0 Å². The molecule has 0 fully saturated rings. The van der Waals surface area contributed by atoms with E-state index in [1.165, 1.54) is 0 Å². The van der Waals surface area contributed by atoms with Gasteiger partial charge in [-0.05, 0) is 30.5 Å². The summed E-state index contributed by atoms with van der Waals surface area (Å²) >= 11 is 0. The van der Waals surface area contributed by atoms with Gasteiger partial charge in [0.25, 0.3) is 5.91 Å². The van der Waals surface area contributed by atoms with Crippen molar-refractivity contribution in [1.82, 2.24) is 5.32 Å². The van der Waals surface area contributed by atoms with Crippen molar-refractivity contribution in [2.45, 2.75) is 57.0 Å². The van der Waals surface area contributed by atoms with Crippen LogP contribution < -0.4 is 5.32 Å². The summed E-state index contributed by atoms with van der Waals surface area (Å²) in [6.07, 6.45) is 1.08. The molecule has 1 aromatic carbocycles. The summed E-state index contributed by atoms with van der Waals surface area (Å²) in [7, 11) is -3.97. The lowest BCUT2D eigenvalue weighted by molar-refractivity contribution is -0.137. The van der Waals surface area contributed by atoms with Crippen LogP contribution in [0.3, 0.4) is 0 Å². The number of carbonyl (C=O) groups is 1. The van der Waals surface area contributed by atoms with E-state index in [1.54, 1.807) is 0 Å². The Morgan fingerprint density at radius 3 is 2.38 bits per heavy atom. The molecule has 0 spiro atoms. The number of alkyl halides is 3. The first-order valence-corrected chi connectivity index (χ1v) is 10.6. The zero-order valence-electron chi connectivity index (χ0n) is 15.3. The summed E-state index contributed by atoms with van der Waals surface area (Å²) in [5, 5.41) is 2.59. The molecule has 1 rings (SSSR count). The summed E-state index contributed by atoms with van der Waals surface area (Å²) < 4.78 is 62.0. The molecular formula is C18H26F3NO3S. The van der Waals surface area contributed by atoms with Crippen molar-refractivity contribution < 1.29 is 26.4 Å². The average molecular weight is 393 g/mol. The SMILES string of the molecule is CCCC(C)CCCCNC(=O)c1ccc(C(F)(F)F)cc1S(C)(=O)=O. The number of benzene rings is 1. The van der Waals surface area contributed by atoms with Crippen molar-refractivity contribution >= 4 is 15.7 Å². The Morgan fingerprint density at radius 2 is 1.85 bits per heavy atom. The molecule has 1 amide bonds. The van der Waals surface area contributed by atoms with Crippen LogP contribution in [0.5, 0.6) is 0 Å². The smallest absolute Gasteiger partial charge is 0.352 e. The van der Waals surface area contributed by atoms with Gasteiger partial charge in [0.15, 0.2) is 9.84 Å². The molecule has 0 saturated heterocycles. The molecule has 1 atom stereocenters. The number of carbonyl (C=O) groups excluding carboxylic acids is 1. The fourth-order valence-electron chi connectivity index (χ4n) is 2.75. The molecule has 0 heterocycles. The van der Waals surface area contributed by atoms with Crippen LogP contribution in [-0.4, -0.2) is 27.1 Å². The predicted octanol–water partition coefficient (Wildman–Crippen LogP) is 4.45. The van der Waals surface area contributed by atoms with Gasteiger partial charge >= 0.3 is 6.18 Å². The molecule has 0 aliphatic heterocycles. The number of hydrogen-bond acceptors (Lipinski definition) is 3. The highest BCUT2D eigenvalue weighted by Gasteiger charge is 2.33. The molecule has 0 saturated carbocycles. The minimum atomic E-state index is -4.68. The van der Waals surface area contributed by atoms with Gasteiger partial charge < -0.3 is 5.32 Å². The van der Waals surface area contributed by atoms with E-state index < -0.39 is 32.4 Å². The van der Waals surface area contributed by atoms with E-state index in [1.807, 2.05) is 0 Å². The molecule has 1 unspecified atom stereocenters. The Balaban J connectivity index is 2.77. The second-order valence-corrected chi connectivity index (χ2v) is 8.61. The number of unbranched alkanes of at least 4 members (excludes halogenated alkanes) is 1. The summed E-state index contributed by atoms with van der Waals surface area (Å²) in [5.74, 6) is -0.0665. The Morgan fingerprint density at radius 1 is 1.19 bits per heavy atom. The van der Waals surface area contributed by atoms with Gasteiger partial charge in [0.1, 0.15) is 0 Å². The van der Waals surface area contributed by atoms with E-state index in [9.17, 15) is 26.4 Å². The first kappa shape index (κ1) is 22.5. The van der Waals surface area contributed by atoms with Gasteiger partial charge in [-0.25, -0.2) is 8.42 Å². The molecule has 0 aliphatic rings. The highest BCUT2D eigenvalue weighted by molar-refractivity contribution is 7.90. The van der Waals surface area contributed by atoms with Gasteiger partial charge in [0.05, 0.1) is 16.0 Å². The Labute approximate surface area is 153 Å². The van der Waals surface area contributed by atoms with Crippen molar-refractivity contribution in [3.63, 3.8) is 0 Å². The lowest BCUT2D eigenvalue weighted by Crippen LogP contribution is -2.26. The fraction of sp³-hybridized carbons (Fsp3) is 0.611. The number of amides is 1. The number of rotatable bonds is 9. The summed E-state index contributed by atoms with van der Waals surface area (Å²) in [6, 6.07) is 2.14. The molecule has 8 heteroatoms. The monoisotopic (exact) mass is 393 g/mol. The second kappa shape index (κ2) is 9.39. The third-order valence-corrected chi connectivity index (χ3v) is 5.28. The quantitative estimate of drug-likeness (QED) is 0.631. The van der Waals surface area contributed by atoms with Crippen molar-refractivity contribution in [3.8, 4) is 0 Å². The van der Waals surface area contributed by atoms with Gasteiger partial charge in [0, 0.05) is 12.8 Å². The first-order chi connectivity index (χ1) is 12.0. The van der Waals surface area contributed by atoms with Crippen molar-refractivity contribution in [3.05, 3.63) is 29.3 Å². The van der Waals surface area contributed by atoms with Gasteiger partial charge in [0.2, 0.25) is 0 Å². The van der Waals surface area contributed by atoms with Crippen LogP contribution >= 0.6 is 0 Å². The largest absolute Gasteiger partial charge is 0.416 e. The minimum absolute atomic E-state index is 0.264. The molecule has 1 aromatic rings. The van der Waals surface area contributed by atoms with Crippen LogP contribution in [0.25, 0.3) is 0 Å². The predicted molar refractivity (Wildman–Crippen MR) is 94.8 cm³/mol. The number of sulfone groups is 1. The van der Waals surface area contributed by atoms with Crippen molar-refractivity contribution in [1.29, 1.82) is 0 Å². The van der Waals surface area contributed by atoms with E-state index in [2.05, 4.69) is 19.2 Å². The van der Waals surface area contributed by atoms with Gasteiger partial charge in [-0.1, -0.05) is 39.5 Å². The topological polar surface area (TPSA) is 63.2 Å². The molecular weight excluding hydrogens is 367 g/mol.